The molecule has 78 valence electrons. The second-order valence-corrected chi connectivity index (χ2v) is 8.54. The van der Waals surface area contributed by atoms with Crippen molar-refractivity contribution in [3.8, 4) is 0 Å². The minimum Gasteiger partial charge on any atom is -0.175 e. The Labute approximate surface area is 100 Å². The molecule has 1 heterocycles. The monoisotopic (exact) mass is 254 g/mol. The second kappa shape index (κ2) is 6.81. The molecule has 0 amide bonds. The highest BCUT2D eigenvalue weighted by atomic mass is 32.2. The summed E-state index contributed by atoms with van der Waals surface area (Å²) in [6.07, 6.45) is 1.38. The molecule has 1 aliphatic rings. The molecule has 0 aliphatic carbocycles. The van der Waals surface area contributed by atoms with Gasteiger partial charge in [0.25, 0.3) is 0 Å². The first-order chi connectivity index (χ1) is 6.18. The summed E-state index contributed by atoms with van der Waals surface area (Å²) in [4.78, 5) is 0. The molecule has 1 rings (SSSR count). The zero-order valence-electron chi connectivity index (χ0n) is 8.23. The van der Waals surface area contributed by atoms with E-state index in [0.29, 0.717) is 5.25 Å². The van der Waals surface area contributed by atoms with Crippen LogP contribution in [-0.4, -0.2) is 32.3 Å². The molecule has 0 nitrogen and oxygen atoms in total. The third kappa shape index (κ3) is 5.75. The molecule has 0 aromatic heterocycles. The Kier molecular flexibility index (Phi) is 6.53. The van der Waals surface area contributed by atoms with Crippen LogP contribution in [0.2, 0.25) is 0 Å². The van der Waals surface area contributed by atoms with Crippen LogP contribution in [0.4, 0.5) is 0 Å². The standard InChI is InChI=1S/C9H18S4/c1-7(10)4-12-8(2)3-9-5-11-6-13-9/h7-10H,3-6H2,1-2H3. The molecule has 0 saturated carbocycles. The first kappa shape index (κ1) is 12.5. The van der Waals surface area contributed by atoms with E-state index in [4.69, 9.17) is 0 Å². The topological polar surface area (TPSA) is 0 Å². The minimum absolute atomic E-state index is 0.540. The summed E-state index contributed by atoms with van der Waals surface area (Å²) in [6, 6.07) is 0. The summed E-state index contributed by atoms with van der Waals surface area (Å²) in [5.41, 5.74) is 0. The van der Waals surface area contributed by atoms with E-state index in [1.54, 1.807) is 0 Å². The Bertz CT molecular complexity index is 132. The van der Waals surface area contributed by atoms with Gasteiger partial charge in [0.05, 0.1) is 0 Å². The van der Waals surface area contributed by atoms with E-state index >= 15 is 0 Å². The van der Waals surface area contributed by atoms with Crippen molar-refractivity contribution in [1.82, 2.24) is 0 Å². The quantitative estimate of drug-likeness (QED) is 0.745. The maximum absolute atomic E-state index is 4.39. The molecular formula is C9H18S4. The van der Waals surface area contributed by atoms with Gasteiger partial charge < -0.3 is 0 Å². The van der Waals surface area contributed by atoms with Gasteiger partial charge in [-0.15, -0.1) is 23.5 Å². The average molecular weight is 255 g/mol. The van der Waals surface area contributed by atoms with Gasteiger partial charge in [-0.05, 0) is 6.42 Å². The van der Waals surface area contributed by atoms with E-state index < -0.39 is 0 Å². The zero-order valence-corrected chi connectivity index (χ0v) is 11.6. The highest BCUT2D eigenvalue weighted by Crippen LogP contribution is 2.34. The van der Waals surface area contributed by atoms with Crippen LogP contribution in [0.15, 0.2) is 0 Å². The van der Waals surface area contributed by atoms with Gasteiger partial charge in [0.2, 0.25) is 0 Å². The lowest BCUT2D eigenvalue weighted by atomic mass is 10.3. The minimum atomic E-state index is 0.540. The predicted octanol–water partition coefficient (Wildman–Crippen LogP) is 3.62. The number of hydrogen-bond acceptors (Lipinski definition) is 4. The smallest absolute Gasteiger partial charge is 0.0395 e. The lowest BCUT2D eigenvalue weighted by Gasteiger charge is -2.15. The summed E-state index contributed by atoms with van der Waals surface area (Å²) in [6.45, 7) is 4.52. The van der Waals surface area contributed by atoms with Crippen molar-refractivity contribution in [2.75, 3.05) is 16.6 Å². The SMILES string of the molecule is CC(S)CSC(C)CC1CSCS1. The van der Waals surface area contributed by atoms with E-state index in [1.807, 2.05) is 0 Å². The van der Waals surface area contributed by atoms with E-state index in [-0.39, 0.29) is 0 Å². The third-order valence-electron chi connectivity index (χ3n) is 1.91. The lowest BCUT2D eigenvalue weighted by molar-refractivity contribution is 0.813. The zero-order chi connectivity index (χ0) is 9.68. The Morgan fingerprint density at radius 1 is 1.54 bits per heavy atom. The van der Waals surface area contributed by atoms with Crippen LogP contribution in [0.1, 0.15) is 20.3 Å². The van der Waals surface area contributed by atoms with Crippen molar-refractivity contribution in [3.63, 3.8) is 0 Å². The molecule has 0 aromatic carbocycles. The van der Waals surface area contributed by atoms with Crippen molar-refractivity contribution in [2.24, 2.45) is 0 Å². The van der Waals surface area contributed by atoms with Crippen LogP contribution in [0.25, 0.3) is 0 Å². The first-order valence-electron chi connectivity index (χ1n) is 4.67. The van der Waals surface area contributed by atoms with Crippen molar-refractivity contribution in [1.29, 1.82) is 0 Å². The highest BCUT2D eigenvalue weighted by molar-refractivity contribution is 8.19. The molecule has 4 heteroatoms. The maximum Gasteiger partial charge on any atom is 0.0395 e. The fourth-order valence-electron chi connectivity index (χ4n) is 1.25. The largest absolute Gasteiger partial charge is 0.175 e. The molecule has 13 heavy (non-hydrogen) atoms. The lowest BCUT2D eigenvalue weighted by Crippen LogP contribution is -2.11. The molecule has 3 unspecified atom stereocenters. The van der Waals surface area contributed by atoms with Crippen molar-refractivity contribution >= 4 is 47.9 Å². The highest BCUT2D eigenvalue weighted by Gasteiger charge is 2.18. The van der Waals surface area contributed by atoms with Gasteiger partial charge in [-0.25, -0.2) is 0 Å². The van der Waals surface area contributed by atoms with Crippen LogP contribution >= 0.6 is 47.9 Å². The molecule has 0 radical (unpaired) electrons. The Morgan fingerprint density at radius 3 is 2.85 bits per heavy atom. The summed E-state index contributed by atoms with van der Waals surface area (Å²) < 4.78 is 0. The van der Waals surface area contributed by atoms with Gasteiger partial charge in [-0.1, -0.05) is 13.8 Å². The van der Waals surface area contributed by atoms with Gasteiger partial charge in [-0.2, -0.15) is 24.4 Å². The number of thioether (sulfide) groups is 3. The molecular weight excluding hydrogens is 236 g/mol. The van der Waals surface area contributed by atoms with Crippen LogP contribution in [0.3, 0.4) is 0 Å². The molecule has 1 aliphatic heterocycles. The van der Waals surface area contributed by atoms with Gasteiger partial charge in [-0.3, -0.25) is 0 Å². The van der Waals surface area contributed by atoms with Crippen molar-refractivity contribution in [2.45, 2.75) is 36.0 Å². The summed E-state index contributed by atoms with van der Waals surface area (Å²) >= 11 is 10.7. The third-order valence-corrected chi connectivity index (χ3v) is 6.68. The summed E-state index contributed by atoms with van der Waals surface area (Å²) in [5, 5.41) is 3.58. The first-order valence-corrected chi connectivity index (χ1v) is 8.44. The second-order valence-electron chi connectivity index (χ2n) is 3.51. The van der Waals surface area contributed by atoms with Crippen molar-refractivity contribution < 1.29 is 0 Å². The van der Waals surface area contributed by atoms with E-state index in [1.165, 1.54) is 23.0 Å². The van der Waals surface area contributed by atoms with Crippen LogP contribution < -0.4 is 0 Å². The number of hydrogen-bond donors (Lipinski definition) is 1. The molecule has 0 aromatic rings. The predicted molar refractivity (Wildman–Crippen MR) is 73.7 cm³/mol. The molecule has 0 bridgehead atoms. The Hall–Kier alpha value is 1.40. The molecule has 1 fully saturated rings. The van der Waals surface area contributed by atoms with Crippen LogP contribution in [0, 0.1) is 0 Å². The fourth-order valence-corrected chi connectivity index (χ4v) is 5.64. The summed E-state index contributed by atoms with van der Waals surface area (Å²) in [7, 11) is 0. The Morgan fingerprint density at radius 2 is 2.31 bits per heavy atom. The number of thiol groups is 1. The van der Waals surface area contributed by atoms with Gasteiger partial charge >= 0.3 is 0 Å². The van der Waals surface area contributed by atoms with Crippen molar-refractivity contribution in [3.05, 3.63) is 0 Å². The van der Waals surface area contributed by atoms with Crippen LogP contribution in [-0.2, 0) is 0 Å². The molecule has 1 saturated heterocycles. The average Bonchev–Trinajstić information content (AvgIpc) is 2.53. The van der Waals surface area contributed by atoms with E-state index in [0.717, 1.165) is 10.5 Å². The maximum atomic E-state index is 4.39. The number of rotatable bonds is 5. The van der Waals surface area contributed by atoms with Gasteiger partial charge in [0.1, 0.15) is 0 Å². The van der Waals surface area contributed by atoms with E-state index in [2.05, 4.69) is 61.8 Å². The fraction of sp³-hybridized carbons (Fsp3) is 1.00. The molecule has 3 atom stereocenters. The molecule has 0 spiro atoms. The van der Waals surface area contributed by atoms with E-state index in [9.17, 15) is 0 Å². The normalized spacial score (nSPS) is 27.5. The van der Waals surface area contributed by atoms with Gasteiger partial charge in [0, 0.05) is 32.3 Å². The summed E-state index contributed by atoms with van der Waals surface area (Å²) in [5.74, 6) is 2.56. The van der Waals surface area contributed by atoms with Gasteiger partial charge in [0.15, 0.2) is 0 Å². The molecule has 0 N–H and O–H groups in total. The Balaban J connectivity index is 2.05. The van der Waals surface area contributed by atoms with Crippen LogP contribution in [0.5, 0.6) is 0 Å².